The predicted molar refractivity (Wildman–Crippen MR) is 85.9 cm³/mol. The maximum absolute atomic E-state index is 5.91. The van der Waals surface area contributed by atoms with E-state index in [9.17, 15) is 0 Å². The van der Waals surface area contributed by atoms with E-state index in [0.29, 0.717) is 5.88 Å². The highest BCUT2D eigenvalue weighted by atomic mass is 79.9. The summed E-state index contributed by atoms with van der Waals surface area (Å²) < 4.78 is 3.39. The van der Waals surface area contributed by atoms with Crippen LogP contribution < -0.4 is 0 Å². The first-order chi connectivity index (χ1) is 8.96. The highest BCUT2D eigenvalue weighted by molar-refractivity contribution is 9.10. The normalized spacial score (nSPS) is 12.3. The lowest BCUT2D eigenvalue weighted by atomic mass is 9.90. The number of rotatable bonds is 5. The topological polar surface area (TPSA) is 17.8 Å². The molecular weight excluding hydrogens is 324 g/mol. The molecule has 19 heavy (non-hydrogen) atoms. The zero-order valence-electron chi connectivity index (χ0n) is 11.7. The van der Waals surface area contributed by atoms with Crippen molar-refractivity contribution in [3.05, 3.63) is 28.5 Å². The molecule has 4 heteroatoms. The molecule has 1 aromatic heterocycles. The van der Waals surface area contributed by atoms with Gasteiger partial charge in [-0.2, -0.15) is 0 Å². The lowest BCUT2D eigenvalue weighted by Gasteiger charge is -2.24. The van der Waals surface area contributed by atoms with Gasteiger partial charge in [0.2, 0.25) is 0 Å². The van der Waals surface area contributed by atoms with Gasteiger partial charge < -0.3 is 4.57 Å². The molecule has 2 nitrogen and oxygen atoms in total. The minimum Gasteiger partial charge on any atom is -0.327 e. The highest BCUT2D eigenvalue weighted by Crippen LogP contribution is 2.28. The number of benzene rings is 1. The number of hydrogen-bond acceptors (Lipinski definition) is 1. The van der Waals surface area contributed by atoms with Crippen LogP contribution in [-0.2, 0) is 13.0 Å². The largest absolute Gasteiger partial charge is 0.327 e. The second-order valence-corrected chi connectivity index (χ2v) is 7.00. The van der Waals surface area contributed by atoms with E-state index in [1.165, 1.54) is 5.52 Å². The number of nitrogens with zero attached hydrogens (tertiary/aromatic N) is 2. The number of aromatic nitrogens is 2. The van der Waals surface area contributed by atoms with Gasteiger partial charge in [-0.1, -0.05) is 36.7 Å². The molecule has 0 spiro atoms. The van der Waals surface area contributed by atoms with Gasteiger partial charge in [0.25, 0.3) is 0 Å². The van der Waals surface area contributed by atoms with E-state index in [1.54, 1.807) is 0 Å². The van der Waals surface area contributed by atoms with Crippen LogP contribution in [0, 0.1) is 5.41 Å². The number of halogens is 2. The summed E-state index contributed by atoms with van der Waals surface area (Å²) in [6.07, 6.45) is 1.96. The second-order valence-electron chi connectivity index (χ2n) is 5.70. The summed E-state index contributed by atoms with van der Waals surface area (Å²) in [7, 11) is 0. The van der Waals surface area contributed by atoms with Crippen LogP contribution in [0.1, 0.15) is 33.0 Å². The van der Waals surface area contributed by atoms with E-state index in [-0.39, 0.29) is 5.41 Å². The van der Waals surface area contributed by atoms with Crippen LogP contribution in [0.2, 0.25) is 0 Å². The van der Waals surface area contributed by atoms with Crippen LogP contribution in [-0.4, -0.2) is 15.4 Å². The Hall–Kier alpha value is -0.540. The molecule has 0 aliphatic heterocycles. The molecule has 0 radical (unpaired) electrons. The maximum Gasteiger partial charge on any atom is 0.111 e. The lowest BCUT2D eigenvalue weighted by molar-refractivity contribution is 0.294. The summed E-state index contributed by atoms with van der Waals surface area (Å²) in [5, 5.41) is 0. The van der Waals surface area contributed by atoms with Crippen molar-refractivity contribution >= 4 is 38.6 Å². The molecule has 0 atom stereocenters. The molecule has 1 aromatic carbocycles. The quantitative estimate of drug-likeness (QED) is 0.697. The Kier molecular flexibility index (Phi) is 4.57. The van der Waals surface area contributed by atoms with Crippen molar-refractivity contribution in [2.24, 2.45) is 5.41 Å². The molecule has 0 unspecified atom stereocenters. The van der Waals surface area contributed by atoms with Gasteiger partial charge in [0.15, 0.2) is 0 Å². The van der Waals surface area contributed by atoms with Crippen molar-refractivity contribution < 1.29 is 0 Å². The fourth-order valence-electron chi connectivity index (χ4n) is 2.14. The van der Waals surface area contributed by atoms with E-state index in [1.807, 2.05) is 0 Å². The first kappa shape index (κ1) is 14.9. The first-order valence-corrected chi connectivity index (χ1v) is 8.00. The van der Waals surface area contributed by atoms with Crippen LogP contribution in [0.4, 0.5) is 0 Å². The maximum atomic E-state index is 5.91. The smallest absolute Gasteiger partial charge is 0.111 e. The van der Waals surface area contributed by atoms with Crippen molar-refractivity contribution in [1.29, 1.82) is 0 Å². The molecule has 0 N–H and O–H groups in total. The lowest BCUT2D eigenvalue weighted by Crippen LogP contribution is -2.20. The van der Waals surface area contributed by atoms with Crippen LogP contribution >= 0.6 is 27.5 Å². The second kappa shape index (κ2) is 5.84. The average Bonchev–Trinajstić information content (AvgIpc) is 2.67. The molecule has 104 valence electrons. The monoisotopic (exact) mass is 342 g/mol. The minimum atomic E-state index is 0.266. The molecule has 1 heterocycles. The zero-order chi connectivity index (χ0) is 14.0. The third-order valence-corrected chi connectivity index (χ3v) is 4.33. The summed E-state index contributed by atoms with van der Waals surface area (Å²) in [6, 6.07) is 6.28. The number of alkyl halides is 1. The summed E-state index contributed by atoms with van der Waals surface area (Å²) in [6.45, 7) is 7.80. The van der Waals surface area contributed by atoms with Gasteiger partial charge in [-0.05, 0) is 30.0 Å². The Labute approximate surface area is 128 Å². The summed E-state index contributed by atoms with van der Waals surface area (Å²) in [5.41, 5.74) is 2.51. The van der Waals surface area contributed by atoms with Gasteiger partial charge in [-0.3, -0.25) is 0 Å². The molecule has 0 amide bonds. The minimum absolute atomic E-state index is 0.266. The molecule has 2 rings (SSSR count). The van der Waals surface area contributed by atoms with Gasteiger partial charge in [0.05, 0.1) is 11.0 Å². The molecule has 0 bridgehead atoms. The Morgan fingerprint density at radius 1 is 1.37 bits per heavy atom. The van der Waals surface area contributed by atoms with E-state index in [4.69, 9.17) is 16.6 Å². The predicted octanol–water partition coefficient (Wildman–Crippen LogP) is 5.02. The van der Waals surface area contributed by atoms with Crippen LogP contribution in [0.5, 0.6) is 0 Å². The SMILES string of the molecule is CCC(C)(C)Cn1c(CCCl)nc2cc(Br)ccc21. The van der Waals surface area contributed by atoms with Crippen molar-refractivity contribution in [3.63, 3.8) is 0 Å². The number of imidazole rings is 1. The fraction of sp³-hybridized carbons (Fsp3) is 0.533. The standard InChI is InChI=1S/C15H20BrClN2/c1-4-15(2,3)10-19-13-6-5-11(16)9-12(13)18-14(19)7-8-17/h5-6,9H,4,7-8,10H2,1-3H3. The Morgan fingerprint density at radius 3 is 2.74 bits per heavy atom. The van der Waals surface area contributed by atoms with Crippen molar-refractivity contribution in [1.82, 2.24) is 9.55 Å². The molecule has 2 aromatic rings. The average molecular weight is 344 g/mol. The fourth-order valence-corrected chi connectivity index (χ4v) is 2.66. The molecule has 0 saturated heterocycles. The number of fused-ring (bicyclic) bond motifs is 1. The Morgan fingerprint density at radius 2 is 2.11 bits per heavy atom. The summed E-state index contributed by atoms with van der Waals surface area (Å²) in [4.78, 5) is 4.73. The Bertz CT molecular complexity index is 575. The van der Waals surface area contributed by atoms with Crippen LogP contribution in [0.25, 0.3) is 11.0 Å². The van der Waals surface area contributed by atoms with Crippen LogP contribution in [0.15, 0.2) is 22.7 Å². The van der Waals surface area contributed by atoms with E-state index in [0.717, 1.165) is 35.2 Å². The molecule has 0 aliphatic rings. The molecular formula is C15H20BrClN2. The van der Waals surface area contributed by atoms with Crippen LogP contribution in [0.3, 0.4) is 0 Å². The van der Waals surface area contributed by atoms with Crippen molar-refractivity contribution in [2.45, 2.75) is 40.2 Å². The molecule has 0 saturated carbocycles. The van der Waals surface area contributed by atoms with Gasteiger partial charge in [0.1, 0.15) is 5.82 Å². The molecule has 0 fully saturated rings. The highest BCUT2D eigenvalue weighted by Gasteiger charge is 2.20. The van der Waals surface area contributed by atoms with Crippen molar-refractivity contribution in [3.8, 4) is 0 Å². The summed E-state index contributed by atoms with van der Waals surface area (Å²) >= 11 is 9.41. The first-order valence-electron chi connectivity index (χ1n) is 6.67. The van der Waals surface area contributed by atoms with Gasteiger partial charge in [-0.15, -0.1) is 11.6 Å². The van der Waals surface area contributed by atoms with Gasteiger partial charge in [-0.25, -0.2) is 4.98 Å². The van der Waals surface area contributed by atoms with Gasteiger partial charge in [0, 0.05) is 23.3 Å². The van der Waals surface area contributed by atoms with E-state index >= 15 is 0 Å². The molecule has 0 aliphatic carbocycles. The third-order valence-electron chi connectivity index (χ3n) is 3.65. The third kappa shape index (κ3) is 3.32. The zero-order valence-corrected chi connectivity index (χ0v) is 14.1. The summed E-state index contributed by atoms with van der Waals surface area (Å²) in [5.74, 6) is 1.70. The van der Waals surface area contributed by atoms with E-state index in [2.05, 4.69) is 59.5 Å². The van der Waals surface area contributed by atoms with Gasteiger partial charge >= 0.3 is 0 Å². The Balaban J connectivity index is 2.52. The number of aryl methyl sites for hydroxylation is 1. The van der Waals surface area contributed by atoms with Crippen molar-refractivity contribution in [2.75, 3.05) is 5.88 Å². The van der Waals surface area contributed by atoms with E-state index < -0.39 is 0 Å². The number of hydrogen-bond donors (Lipinski definition) is 0.